The summed E-state index contributed by atoms with van der Waals surface area (Å²) < 4.78 is 0. The Morgan fingerprint density at radius 2 is 1.76 bits per heavy atom. The van der Waals surface area contributed by atoms with Gasteiger partial charge in [-0.3, -0.25) is 4.79 Å². The highest BCUT2D eigenvalue weighted by molar-refractivity contribution is 5.76. The monoisotopic (exact) mass is 241 g/mol. The molecule has 1 rings (SSSR count). The second kappa shape index (κ2) is 7.00. The quantitative estimate of drug-likeness (QED) is 0.726. The van der Waals surface area contributed by atoms with Crippen molar-refractivity contribution < 1.29 is 9.90 Å². The van der Waals surface area contributed by atoms with E-state index < -0.39 is 5.60 Å². The maximum atomic E-state index is 11.9. The van der Waals surface area contributed by atoms with E-state index in [9.17, 15) is 9.90 Å². The maximum absolute atomic E-state index is 11.9. The molecule has 1 N–H and O–H groups in total. The molecule has 1 saturated heterocycles. The number of rotatable bonds is 6. The lowest BCUT2D eigenvalue weighted by Crippen LogP contribution is -2.45. The number of nitrogens with zero attached hydrogens (tertiary/aromatic N) is 1. The van der Waals surface area contributed by atoms with Gasteiger partial charge in [0.25, 0.3) is 0 Å². The molecule has 1 aliphatic heterocycles. The number of carbonyl (C=O) groups excluding carboxylic acids is 1. The van der Waals surface area contributed by atoms with Crippen molar-refractivity contribution in [2.45, 2.75) is 70.8 Å². The number of likely N-dealkylation sites (tertiary alicyclic amines) is 1. The highest BCUT2D eigenvalue weighted by Gasteiger charge is 2.29. The first kappa shape index (κ1) is 14.5. The molecule has 0 aromatic carbocycles. The number of piperidine rings is 1. The molecule has 3 nitrogen and oxygen atoms in total. The second-order valence-electron chi connectivity index (χ2n) is 5.54. The fourth-order valence-electron chi connectivity index (χ4n) is 2.28. The van der Waals surface area contributed by atoms with Gasteiger partial charge in [-0.15, -0.1) is 0 Å². The van der Waals surface area contributed by atoms with Gasteiger partial charge in [-0.2, -0.15) is 0 Å². The molecule has 1 aliphatic rings. The van der Waals surface area contributed by atoms with Gasteiger partial charge in [0, 0.05) is 19.5 Å². The fraction of sp³-hybridized carbons (Fsp3) is 0.929. The summed E-state index contributed by atoms with van der Waals surface area (Å²) in [4.78, 5) is 13.8. The summed E-state index contributed by atoms with van der Waals surface area (Å²) in [5.74, 6) is 0.275. The van der Waals surface area contributed by atoms with E-state index in [2.05, 4.69) is 6.92 Å². The van der Waals surface area contributed by atoms with Crippen LogP contribution in [0.2, 0.25) is 0 Å². The summed E-state index contributed by atoms with van der Waals surface area (Å²) >= 11 is 0. The van der Waals surface area contributed by atoms with Crippen LogP contribution in [-0.4, -0.2) is 34.6 Å². The van der Waals surface area contributed by atoms with Crippen LogP contribution in [0.15, 0.2) is 0 Å². The number of amides is 1. The third-order valence-electron chi connectivity index (χ3n) is 3.69. The van der Waals surface area contributed by atoms with Crippen LogP contribution in [0.3, 0.4) is 0 Å². The van der Waals surface area contributed by atoms with E-state index in [4.69, 9.17) is 0 Å². The summed E-state index contributed by atoms with van der Waals surface area (Å²) in [6.07, 6.45) is 8.08. The van der Waals surface area contributed by atoms with Crippen LogP contribution in [0.1, 0.15) is 65.2 Å². The van der Waals surface area contributed by atoms with E-state index in [-0.39, 0.29) is 5.91 Å². The van der Waals surface area contributed by atoms with E-state index in [0.717, 1.165) is 19.5 Å². The van der Waals surface area contributed by atoms with Crippen molar-refractivity contribution in [3.8, 4) is 0 Å². The Balaban J connectivity index is 2.12. The molecule has 0 radical (unpaired) electrons. The molecule has 0 saturated carbocycles. The number of aliphatic hydroxyl groups is 1. The number of hydrogen-bond donors (Lipinski definition) is 1. The van der Waals surface area contributed by atoms with Gasteiger partial charge in [0.1, 0.15) is 0 Å². The fourth-order valence-corrected chi connectivity index (χ4v) is 2.28. The van der Waals surface area contributed by atoms with Crippen LogP contribution in [0.5, 0.6) is 0 Å². The highest BCUT2D eigenvalue weighted by atomic mass is 16.3. The molecule has 1 fully saturated rings. The molecule has 0 atom stereocenters. The van der Waals surface area contributed by atoms with E-state index in [0.29, 0.717) is 19.3 Å². The molecule has 0 spiro atoms. The summed E-state index contributed by atoms with van der Waals surface area (Å²) in [6.45, 7) is 5.51. The molecule has 0 aromatic rings. The van der Waals surface area contributed by atoms with Gasteiger partial charge in [-0.25, -0.2) is 0 Å². The van der Waals surface area contributed by atoms with Gasteiger partial charge in [-0.1, -0.05) is 32.6 Å². The maximum Gasteiger partial charge on any atom is 0.222 e. The van der Waals surface area contributed by atoms with Crippen molar-refractivity contribution in [2.24, 2.45) is 0 Å². The second-order valence-corrected chi connectivity index (χ2v) is 5.54. The van der Waals surface area contributed by atoms with Gasteiger partial charge in [0.15, 0.2) is 0 Å². The van der Waals surface area contributed by atoms with Crippen molar-refractivity contribution in [1.82, 2.24) is 4.90 Å². The highest BCUT2D eigenvalue weighted by Crippen LogP contribution is 2.21. The molecule has 3 heteroatoms. The Bertz CT molecular complexity index is 228. The lowest BCUT2D eigenvalue weighted by molar-refractivity contribution is -0.135. The first-order valence-corrected chi connectivity index (χ1v) is 7.05. The van der Waals surface area contributed by atoms with Gasteiger partial charge in [-0.05, 0) is 26.2 Å². The first-order chi connectivity index (χ1) is 8.05. The van der Waals surface area contributed by atoms with Crippen molar-refractivity contribution in [1.29, 1.82) is 0 Å². The van der Waals surface area contributed by atoms with E-state index in [1.54, 1.807) is 0 Å². The number of unbranched alkanes of at least 4 members (excludes halogenated alkanes) is 4. The SMILES string of the molecule is CCCCCCCC(=O)N1CCC(C)(O)CC1. The van der Waals surface area contributed by atoms with Crippen LogP contribution in [-0.2, 0) is 4.79 Å². The molecular weight excluding hydrogens is 214 g/mol. The summed E-state index contributed by atoms with van der Waals surface area (Å²) in [5.41, 5.74) is -0.558. The lowest BCUT2D eigenvalue weighted by atomic mass is 9.93. The normalized spacial score (nSPS) is 19.4. The van der Waals surface area contributed by atoms with Crippen LogP contribution in [0, 0.1) is 0 Å². The summed E-state index contributed by atoms with van der Waals surface area (Å²) in [6, 6.07) is 0. The molecule has 1 heterocycles. The third kappa shape index (κ3) is 5.53. The molecule has 17 heavy (non-hydrogen) atoms. The molecule has 0 bridgehead atoms. The Morgan fingerprint density at radius 3 is 2.35 bits per heavy atom. The van der Waals surface area contributed by atoms with Crippen LogP contribution in [0.4, 0.5) is 0 Å². The summed E-state index contributed by atoms with van der Waals surface area (Å²) in [7, 11) is 0. The molecule has 0 unspecified atom stereocenters. The Kier molecular flexibility index (Phi) is 5.96. The van der Waals surface area contributed by atoms with Crippen molar-refractivity contribution in [3.63, 3.8) is 0 Å². The Hall–Kier alpha value is -0.570. The average Bonchev–Trinajstić information content (AvgIpc) is 2.28. The van der Waals surface area contributed by atoms with E-state index in [1.807, 2.05) is 11.8 Å². The molecule has 0 aliphatic carbocycles. The van der Waals surface area contributed by atoms with Gasteiger partial charge >= 0.3 is 0 Å². The van der Waals surface area contributed by atoms with Gasteiger partial charge in [0.2, 0.25) is 5.91 Å². The zero-order valence-corrected chi connectivity index (χ0v) is 11.4. The zero-order valence-electron chi connectivity index (χ0n) is 11.4. The van der Waals surface area contributed by atoms with Crippen molar-refractivity contribution in [2.75, 3.05) is 13.1 Å². The first-order valence-electron chi connectivity index (χ1n) is 7.05. The smallest absolute Gasteiger partial charge is 0.222 e. The zero-order chi connectivity index (χ0) is 12.7. The lowest BCUT2D eigenvalue weighted by Gasteiger charge is -2.35. The topological polar surface area (TPSA) is 40.5 Å². The predicted octanol–water partition coefficient (Wildman–Crippen LogP) is 2.72. The standard InChI is InChI=1S/C14H27NO2/c1-3-4-5-6-7-8-13(16)15-11-9-14(2,17)10-12-15/h17H,3-12H2,1-2H3. The Morgan fingerprint density at radius 1 is 1.18 bits per heavy atom. The van der Waals surface area contributed by atoms with Crippen molar-refractivity contribution >= 4 is 5.91 Å². The van der Waals surface area contributed by atoms with E-state index in [1.165, 1.54) is 25.7 Å². The van der Waals surface area contributed by atoms with Crippen LogP contribution < -0.4 is 0 Å². The molecular formula is C14H27NO2. The predicted molar refractivity (Wildman–Crippen MR) is 69.8 cm³/mol. The van der Waals surface area contributed by atoms with Crippen LogP contribution in [0.25, 0.3) is 0 Å². The van der Waals surface area contributed by atoms with Crippen LogP contribution >= 0.6 is 0 Å². The minimum atomic E-state index is -0.558. The Labute approximate surface area is 105 Å². The average molecular weight is 241 g/mol. The molecule has 100 valence electrons. The molecule has 1 amide bonds. The number of hydrogen-bond acceptors (Lipinski definition) is 2. The largest absolute Gasteiger partial charge is 0.390 e. The summed E-state index contributed by atoms with van der Waals surface area (Å²) in [5, 5.41) is 9.81. The third-order valence-corrected chi connectivity index (χ3v) is 3.69. The minimum Gasteiger partial charge on any atom is -0.390 e. The molecule has 0 aromatic heterocycles. The van der Waals surface area contributed by atoms with E-state index >= 15 is 0 Å². The minimum absolute atomic E-state index is 0.275. The van der Waals surface area contributed by atoms with Gasteiger partial charge in [0.05, 0.1) is 5.60 Å². The number of carbonyl (C=O) groups is 1. The van der Waals surface area contributed by atoms with Crippen molar-refractivity contribution in [3.05, 3.63) is 0 Å². The van der Waals surface area contributed by atoms with Gasteiger partial charge < -0.3 is 10.0 Å².